The number of nitrogens with one attached hydrogen (secondary N) is 1. The molecule has 32 heavy (non-hydrogen) atoms. The molecule has 0 radical (unpaired) electrons. The fraction of sp³-hybridized carbons (Fsp3) is 0.435. The highest BCUT2D eigenvalue weighted by Gasteiger charge is 2.31. The number of fused-ring (bicyclic) bond motifs is 2. The molecule has 2 aromatic rings. The minimum absolute atomic E-state index is 0.163. The minimum Gasteiger partial charge on any atom is -0.755 e. The molecule has 1 saturated carbocycles. The Morgan fingerprint density at radius 2 is 2.06 bits per heavy atom. The van der Waals surface area contributed by atoms with Gasteiger partial charge in [0.1, 0.15) is 12.4 Å². The quantitative estimate of drug-likeness (QED) is 0.655. The van der Waals surface area contributed by atoms with Gasteiger partial charge in [0.25, 0.3) is 5.91 Å². The van der Waals surface area contributed by atoms with Crippen molar-refractivity contribution in [3.63, 3.8) is 0 Å². The monoisotopic (exact) mass is 477 g/mol. The summed E-state index contributed by atoms with van der Waals surface area (Å²) in [5.41, 5.74) is 3.19. The van der Waals surface area contributed by atoms with Crippen LogP contribution < -0.4 is 14.4 Å². The van der Waals surface area contributed by atoms with Gasteiger partial charge >= 0.3 is 0 Å². The number of aliphatic hydroxyl groups excluding tert-OH is 1. The summed E-state index contributed by atoms with van der Waals surface area (Å²) in [5, 5.41) is 10.8. The molecular weight excluding hydrogens is 452 g/mol. The number of benzene rings is 2. The van der Waals surface area contributed by atoms with Crippen molar-refractivity contribution in [2.24, 2.45) is 5.92 Å². The fourth-order valence-electron chi connectivity index (χ4n) is 4.26. The van der Waals surface area contributed by atoms with Crippen LogP contribution in [0.2, 0.25) is 5.02 Å². The van der Waals surface area contributed by atoms with E-state index in [9.17, 15) is 18.7 Å². The van der Waals surface area contributed by atoms with Crippen LogP contribution in [0, 0.1) is 5.92 Å². The van der Waals surface area contributed by atoms with Gasteiger partial charge < -0.3 is 19.3 Å². The number of carbonyl (C=O) groups is 1. The number of anilines is 1. The third-order valence-electron chi connectivity index (χ3n) is 6.25. The van der Waals surface area contributed by atoms with E-state index in [1.807, 2.05) is 22.9 Å². The van der Waals surface area contributed by atoms with E-state index >= 15 is 0 Å². The first-order chi connectivity index (χ1) is 15.4. The van der Waals surface area contributed by atoms with Gasteiger partial charge in [0.2, 0.25) is 0 Å². The molecule has 1 fully saturated rings. The average molecular weight is 478 g/mol. The Labute approximate surface area is 195 Å². The Hall–Kier alpha value is -2.13. The summed E-state index contributed by atoms with van der Waals surface area (Å²) in [5.74, 6) is 0.0797. The summed E-state index contributed by atoms with van der Waals surface area (Å²) < 4.78 is 29.9. The van der Waals surface area contributed by atoms with Crippen LogP contribution in [0.3, 0.4) is 0 Å². The maximum absolute atomic E-state index is 12.3. The van der Waals surface area contributed by atoms with Gasteiger partial charge in [0.05, 0.1) is 11.8 Å². The van der Waals surface area contributed by atoms with Gasteiger partial charge in [0, 0.05) is 40.9 Å². The second-order valence-electron chi connectivity index (χ2n) is 8.36. The Morgan fingerprint density at radius 1 is 1.22 bits per heavy atom. The number of nitrogens with zero attached hydrogens (tertiary/aromatic N) is 1. The van der Waals surface area contributed by atoms with E-state index in [1.54, 1.807) is 18.2 Å². The van der Waals surface area contributed by atoms with Gasteiger partial charge in [-0.15, -0.1) is 0 Å². The molecule has 2 aliphatic rings. The standard InChI is InChI=1S/C23H27ClN2O5S/c24-19-7-4-18-14-31-22-9-6-16(23(28)25-32(29)30)12-20(22)26(13-17-5-8-21(17)27)10-2-1-3-15(18)11-19/h4,6-7,9,11-12,17,21,27H,1-3,5,8,10,13-14H2,(H,25,28)(H,29,30)/p-1/t17-,21?/m0/s1. The molecule has 0 spiro atoms. The number of hydrogen-bond donors (Lipinski definition) is 2. The van der Waals surface area contributed by atoms with Crippen LogP contribution in [0.15, 0.2) is 36.4 Å². The Kier molecular flexibility index (Phi) is 7.35. The molecule has 2 aromatic carbocycles. The molecule has 7 nitrogen and oxygen atoms in total. The molecule has 3 atom stereocenters. The van der Waals surface area contributed by atoms with E-state index in [2.05, 4.69) is 4.90 Å². The van der Waals surface area contributed by atoms with Crippen LogP contribution in [-0.4, -0.2) is 39.0 Å². The molecule has 1 aliphatic heterocycles. The Morgan fingerprint density at radius 3 is 2.78 bits per heavy atom. The summed E-state index contributed by atoms with van der Waals surface area (Å²) >= 11 is 3.51. The maximum Gasteiger partial charge on any atom is 0.262 e. The van der Waals surface area contributed by atoms with E-state index in [4.69, 9.17) is 16.3 Å². The van der Waals surface area contributed by atoms with Crippen LogP contribution in [0.1, 0.15) is 47.2 Å². The zero-order valence-electron chi connectivity index (χ0n) is 17.6. The second kappa shape index (κ2) is 10.2. The molecule has 1 aliphatic carbocycles. The van der Waals surface area contributed by atoms with Crippen molar-refractivity contribution >= 4 is 34.5 Å². The minimum atomic E-state index is -2.69. The summed E-state index contributed by atoms with van der Waals surface area (Å²) in [6.45, 7) is 1.73. The lowest BCUT2D eigenvalue weighted by atomic mass is 9.81. The van der Waals surface area contributed by atoms with Gasteiger partial charge in [-0.3, -0.25) is 13.7 Å². The van der Waals surface area contributed by atoms with Crippen molar-refractivity contribution in [1.82, 2.24) is 4.72 Å². The first-order valence-corrected chi connectivity index (χ1v) is 12.2. The zero-order chi connectivity index (χ0) is 22.7. The van der Waals surface area contributed by atoms with Crippen molar-refractivity contribution in [3.8, 4) is 5.75 Å². The van der Waals surface area contributed by atoms with Gasteiger partial charge in [-0.25, -0.2) is 0 Å². The van der Waals surface area contributed by atoms with Crippen LogP contribution in [-0.2, 0) is 24.3 Å². The number of aryl methyl sites for hydroxylation is 1. The summed E-state index contributed by atoms with van der Waals surface area (Å²) in [7, 11) is 0. The molecule has 0 aromatic heterocycles. The summed E-state index contributed by atoms with van der Waals surface area (Å²) in [4.78, 5) is 14.4. The lowest BCUT2D eigenvalue weighted by Gasteiger charge is -2.38. The van der Waals surface area contributed by atoms with Crippen molar-refractivity contribution in [2.45, 2.75) is 44.8 Å². The van der Waals surface area contributed by atoms with Crippen molar-refractivity contribution in [3.05, 3.63) is 58.1 Å². The predicted molar refractivity (Wildman–Crippen MR) is 122 cm³/mol. The number of halogens is 1. The first-order valence-electron chi connectivity index (χ1n) is 10.8. The van der Waals surface area contributed by atoms with Gasteiger partial charge in [0.15, 0.2) is 0 Å². The fourth-order valence-corrected chi connectivity index (χ4v) is 4.73. The van der Waals surface area contributed by atoms with Crippen molar-refractivity contribution in [2.75, 3.05) is 18.0 Å². The maximum atomic E-state index is 12.3. The van der Waals surface area contributed by atoms with Crippen molar-refractivity contribution < 1.29 is 23.4 Å². The van der Waals surface area contributed by atoms with E-state index in [0.717, 1.165) is 55.5 Å². The lowest BCUT2D eigenvalue weighted by Crippen LogP contribution is -2.42. The summed E-state index contributed by atoms with van der Waals surface area (Å²) in [6.07, 6.45) is 4.19. The molecule has 0 bridgehead atoms. The zero-order valence-corrected chi connectivity index (χ0v) is 19.2. The Balaban J connectivity index is 1.68. The SMILES string of the molecule is O=C(NS(=O)[O-])c1ccc2c(c1)N(C[C@@H]1CCC1O)CCCCc1cc(Cl)ccc1CO2. The van der Waals surface area contributed by atoms with Crippen LogP contribution >= 0.6 is 11.6 Å². The molecule has 2 N–H and O–H groups in total. The number of rotatable bonds is 4. The highest BCUT2D eigenvalue weighted by molar-refractivity contribution is 7.77. The Bertz CT molecular complexity index is 1020. The topological polar surface area (TPSA) is 102 Å². The van der Waals surface area contributed by atoms with Crippen molar-refractivity contribution in [1.29, 1.82) is 0 Å². The molecule has 4 rings (SSSR count). The van der Waals surface area contributed by atoms with E-state index < -0.39 is 17.2 Å². The molecule has 2 unspecified atom stereocenters. The number of carbonyl (C=O) groups excluding carboxylic acids is 1. The van der Waals surface area contributed by atoms with Gasteiger partial charge in [-0.1, -0.05) is 17.7 Å². The third kappa shape index (κ3) is 5.43. The number of amides is 1. The average Bonchev–Trinajstić information content (AvgIpc) is 2.79. The number of ether oxygens (including phenoxy) is 1. The lowest BCUT2D eigenvalue weighted by molar-refractivity contribution is 0.0280. The van der Waals surface area contributed by atoms with Crippen LogP contribution in [0.4, 0.5) is 5.69 Å². The molecule has 172 valence electrons. The van der Waals surface area contributed by atoms with Crippen LogP contribution in [0.25, 0.3) is 0 Å². The predicted octanol–water partition coefficient (Wildman–Crippen LogP) is 3.36. The molecule has 9 heteroatoms. The molecule has 0 saturated heterocycles. The normalized spacial score (nSPS) is 21.8. The first kappa shape index (κ1) is 23.0. The summed E-state index contributed by atoms with van der Waals surface area (Å²) in [6, 6.07) is 10.7. The highest BCUT2D eigenvalue weighted by atomic mass is 35.5. The largest absolute Gasteiger partial charge is 0.755 e. The smallest absolute Gasteiger partial charge is 0.262 e. The van der Waals surface area contributed by atoms with Gasteiger partial charge in [-0.2, -0.15) is 0 Å². The number of aliphatic hydroxyl groups is 1. The molecule has 1 heterocycles. The molecule has 1 amide bonds. The second-order valence-corrected chi connectivity index (χ2v) is 9.47. The molecular formula is C23H26ClN2O5S-. The van der Waals surface area contributed by atoms with E-state index in [0.29, 0.717) is 23.9 Å². The van der Waals surface area contributed by atoms with E-state index in [-0.39, 0.29) is 17.6 Å². The van der Waals surface area contributed by atoms with Crippen LogP contribution in [0.5, 0.6) is 5.75 Å². The highest BCUT2D eigenvalue weighted by Crippen LogP contribution is 2.36. The van der Waals surface area contributed by atoms with Gasteiger partial charge in [-0.05, 0) is 73.6 Å². The number of hydrogen-bond acceptors (Lipinski definition) is 6. The van der Waals surface area contributed by atoms with E-state index in [1.165, 1.54) is 0 Å². The third-order valence-corrected chi connectivity index (χ3v) is 6.83.